The van der Waals surface area contributed by atoms with Crippen LogP contribution >= 0.6 is 11.3 Å². The van der Waals surface area contributed by atoms with E-state index >= 15 is 0 Å². The molecule has 0 bridgehead atoms. The molecule has 2 rings (SSSR count). The van der Waals surface area contributed by atoms with Crippen molar-refractivity contribution >= 4 is 23.2 Å². The molecular formula is C16H17NO3S. The molecule has 1 atom stereocenters. The lowest BCUT2D eigenvalue weighted by molar-refractivity contribution is 0.0702. The lowest BCUT2D eigenvalue weighted by Crippen LogP contribution is -2.35. The van der Waals surface area contributed by atoms with Crippen molar-refractivity contribution < 1.29 is 14.7 Å². The molecule has 0 spiro atoms. The van der Waals surface area contributed by atoms with Gasteiger partial charge in [-0.05, 0) is 30.5 Å². The molecule has 0 aliphatic heterocycles. The fourth-order valence-corrected chi connectivity index (χ4v) is 2.78. The molecule has 1 unspecified atom stereocenters. The van der Waals surface area contributed by atoms with Gasteiger partial charge in [0.2, 0.25) is 0 Å². The number of hydrogen-bond acceptors (Lipinski definition) is 3. The lowest BCUT2D eigenvalue weighted by atomic mass is 10.0. The first-order chi connectivity index (χ1) is 10.1. The zero-order valence-corrected chi connectivity index (χ0v) is 12.5. The second-order valence-electron chi connectivity index (χ2n) is 4.74. The van der Waals surface area contributed by atoms with Crippen LogP contribution in [0.25, 0.3) is 0 Å². The maximum atomic E-state index is 12.1. The van der Waals surface area contributed by atoms with Gasteiger partial charge in [0.05, 0.1) is 4.88 Å². The van der Waals surface area contributed by atoms with Gasteiger partial charge in [-0.25, -0.2) is 4.79 Å². The highest BCUT2D eigenvalue weighted by molar-refractivity contribution is 7.15. The molecule has 110 valence electrons. The van der Waals surface area contributed by atoms with Crippen LogP contribution in [-0.2, 0) is 6.42 Å². The summed E-state index contributed by atoms with van der Waals surface area (Å²) in [4.78, 5) is 23.6. The molecule has 4 nitrogen and oxygen atoms in total. The average molecular weight is 303 g/mol. The van der Waals surface area contributed by atoms with Gasteiger partial charge in [0.25, 0.3) is 5.91 Å². The average Bonchev–Trinajstić information content (AvgIpc) is 2.97. The Balaban J connectivity index is 2.00. The van der Waals surface area contributed by atoms with E-state index in [1.165, 1.54) is 11.6 Å². The first kappa shape index (κ1) is 15.3. The molecule has 0 fully saturated rings. The van der Waals surface area contributed by atoms with Crippen molar-refractivity contribution in [2.45, 2.75) is 25.8 Å². The van der Waals surface area contributed by atoms with Crippen LogP contribution < -0.4 is 5.32 Å². The molecule has 1 aromatic carbocycles. The molecule has 1 heterocycles. The highest BCUT2D eigenvalue weighted by Crippen LogP contribution is 2.17. The largest absolute Gasteiger partial charge is 0.477 e. The van der Waals surface area contributed by atoms with Gasteiger partial charge in [-0.3, -0.25) is 4.79 Å². The van der Waals surface area contributed by atoms with Crippen LogP contribution in [0.4, 0.5) is 0 Å². The molecule has 1 amide bonds. The first-order valence-electron chi connectivity index (χ1n) is 6.78. The van der Waals surface area contributed by atoms with E-state index in [-0.39, 0.29) is 16.8 Å². The number of hydrogen-bond donors (Lipinski definition) is 2. The van der Waals surface area contributed by atoms with E-state index in [4.69, 9.17) is 5.11 Å². The van der Waals surface area contributed by atoms with Gasteiger partial charge in [-0.2, -0.15) is 0 Å². The van der Waals surface area contributed by atoms with E-state index in [0.29, 0.717) is 4.88 Å². The molecule has 0 radical (unpaired) electrons. The van der Waals surface area contributed by atoms with Crippen LogP contribution in [0.3, 0.4) is 0 Å². The number of carboxylic acid groups (broad SMARTS) is 1. The normalized spacial score (nSPS) is 11.9. The summed E-state index contributed by atoms with van der Waals surface area (Å²) in [5, 5.41) is 11.8. The van der Waals surface area contributed by atoms with Crippen molar-refractivity contribution in [2.24, 2.45) is 0 Å². The first-order valence-corrected chi connectivity index (χ1v) is 7.59. The molecule has 1 aromatic heterocycles. The number of amides is 1. The van der Waals surface area contributed by atoms with Crippen molar-refractivity contribution in [1.82, 2.24) is 5.32 Å². The summed E-state index contributed by atoms with van der Waals surface area (Å²) in [7, 11) is 0. The van der Waals surface area contributed by atoms with Crippen molar-refractivity contribution in [3.05, 3.63) is 57.8 Å². The molecule has 21 heavy (non-hydrogen) atoms. The summed E-state index contributed by atoms with van der Waals surface area (Å²) in [5.41, 5.74) is 1.17. The third kappa shape index (κ3) is 4.16. The topological polar surface area (TPSA) is 66.4 Å². The standard InChI is InChI=1S/C16H17NO3S/c1-2-12(10-11-6-4-3-5-7-11)17-15(18)13-8-9-14(21-13)16(19)20/h3-9,12H,2,10H2,1H3,(H,17,18)(H,19,20). The summed E-state index contributed by atoms with van der Waals surface area (Å²) in [6, 6.07) is 13.0. The Morgan fingerprint density at radius 3 is 2.38 bits per heavy atom. The molecule has 2 aromatic rings. The summed E-state index contributed by atoms with van der Waals surface area (Å²) in [6.45, 7) is 2.02. The summed E-state index contributed by atoms with van der Waals surface area (Å²) in [6.07, 6.45) is 1.58. The molecule has 2 N–H and O–H groups in total. The minimum absolute atomic E-state index is 0.0373. The van der Waals surface area contributed by atoms with Gasteiger partial charge in [0, 0.05) is 6.04 Å². The monoisotopic (exact) mass is 303 g/mol. The Morgan fingerprint density at radius 1 is 1.14 bits per heavy atom. The number of benzene rings is 1. The van der Waals surface area contributed by atoms with Crippen LogP contribution in [0, 0.1) is 0 Å². The van der Waals surface area contributed by atoms with Crippen LogP contribution in [0.15, 0.2) is 42.5 Å². The Kier molecular flexibility index (Phi) is 5.11. The minimum Gasteiger partial charge on any atom is -0.477 e. The van der Waals surface area contributed by atoms with Crippen molar-refractivity contribution in [1.29, 1.82) is 0 Å². The Bertz CT molecular complexity index is 621. The van der Waals surface area contributed by atoms with Crippen LogP contribution in [-0.4, -0.2) is 23.0 Å². The summed E-state index contributed by atoms with van der Waals surface area (Å²) < 4.78 is 0. The number of carboxylic acids is 1. The molecule has 0 aliphatic carbocycles. The van der Waals surface area contributed by atoms with Gasteiger partial charge in [0.15, 0.2) is 0 Å². The van der Waals surface area contributed by atoms with E-state index in [2.05, 4.69) is 5.32 Å². The van der Waals surface area contributed by atoms with E-state index in [9.17, 15) is 9.59 Å². The van der Waals surface area contributed by atoms with Crippen molar-refractivity contribution in [2.75, 3.05) is 0 Å². The van der Waals surface area contributed by atoms with Gasteiger partial charge >= 0.3 is 5.97 Å². The van der Waals surface area contributed by atoms with Crippen LogP contribution in [0.1, 0.15) is 38.3 Å². The number of aromatic carboxylic acids is 1. The third-order valence-corrected chi connectivity index (χ3v) is 4.27. The Hall–Kier alpha value is -2.14. The van der Waals surface area contributed by atoms with Crippen molar-refractivity contribution in [3.63, 3.8) is 0 Å². The fraction of sp³-hybridized carbons (Fsp3) is 0.250. The van der Waals surface area contributed by atoms with Gasteiger partial charge in [0.1, 0.15) is 4.88 Å². The van der Waals surface area contributed by atoms with Gasteiger partial charge in [-0.1, -0.05) is 37.3 Å². The molecule has 5 heteroatoms. The maximum Gasteiger partial charge on any atom is 0.345 e. The predicted molar refractivity (Wildman–Crippen MR) is 83.0 cm³/mol. The summed E-state index contributed by atoms with van der Waals surface area (Å²) in [5.74, 6) is -1.22. The Labute approximate surface area is 127 Å². The van der Waals surface area contributed by atoms with Gasteiger partial charge < -0.3 is 10.4 Å². The number of thiophene rings is 1. The number of nitrogens with one attached hydrogen (secondary N) is 1. The zero-order chi connectivity index (χ0) is 15.2. The number of rotatable bonds is 6. The zero-order valence-electron chi connectivity index (χ0n) is 11.7. The molecule has 0 saturated carbocycles. The Morgan fingerprint density at radius 2 is 1.81 bits per heavy atom. The fourth-order valence-electron chi connectivity index (χ4n) is 2.03. The van der Waals surface area contributed by atoms with E-state index < -0.39 is 5.97 Å². The second-order valence-corrected chi connectivity index (χ2v) is 5.82. The molecular weight excluding hydrogens is 286 g/mol. The SMILES string of the molecule is CCC(Cc1ccccc1)NC(=O)c1ccc(C(=O)O)s1. The molecule has 0 saturated heterocycles. The lowest BCUT2D eigenvalue weighted by Gasteiger charge is -2.16. The number of carbonyl (C=O) groups is 2. The molecule has 0 aliphatic rings. The van der Waals surface area contributed by atoms with E-state index in [1.54, 1.807) is 6.07 Å². The van der Waals surface area contributed by atoms with E-state index in [1.807, 2.05) is 37.3 Å². The number of carbonyl (C=O) groups excluding carboxylic acids is 1. The van der Waals surface area contributed by atoms with Gasteiger partial charge in [-0.15, -0.1) is 11.3 Å². The van der Waals surface area contributed by atoms with Crippen LogP contribution in [0.2, 0.25) is 0 Å². The highest BCUT2D eigenvalue weighted by atomic mass is 32.1. The predicted octanol–water partition coefficient (Wildman–Crippen LogP) is 3.20. The third-order valence-electron chi connectivity index (χ3n) is 3.19. The smallest absolute Gasteiger partial charge is 0.345 e. The second kappa shape index (κ2) is 7.04. The minimum atomic E-state index is -1.00. The summed E-state index contributed by atoms with van der Waals surface area (Å²) >= 11 is 0.996. The highest BCUT2D eigenvalue weighted by Gasteiger charge is 2.16. The maximum absolute atomic E-state index is 12.1. The van der Waals surface area contributed by atoms with Crippen molar-refractivity contribution in [3.8, 4) is 0 Å². The van der Waals surface area contributed by atoms with E-state index in [0.717, 1.165) is 24.2 Å². The quantitative estimate of drug-likeness (QED) is 0.861. The van der Waals surface area contributed by atoms with Crippen LogP contribution in [0.5, 0.6) is 0 Å².